The van der Waals surface area contributed by atoms with E-state index in [1.54, 1.807) is 0 Å². The molecule has 4 saturated carbocycles. The Bertz CT molecular complexity index is 989. The van der Waals surface area contributed by atoms with E-state index in [1.807, 2.05) is 0 Å². The van der Waals surface area contributed by atoms with Gasteiger partial charge in [0.25, 0.3) is 0 Å². The lowest BCUT2D eigenvalue weighted by atomic mass is 9.76. The van der Waals surface area contributed by atoms with Crippen molar-refractivity contribution in [2.24, 2.45) is 47.3 Å². The highest BCUT2D eigenvalue weighted by Crippen LogP contribution is 2.49. The first-order valence-corrected chi connectivity index (χ1v) is 19.9. The van der Waals surface area contributed by atoms with Crippen molar-refractivity contribution in [1.29, 1.82) is 0 Å². The third kappa shape index (κ3) is 5.70. The van der Waals surface area contributed by atoms with Crippen LogP contribution in [0.5, 0.6) is 0 Å². The standard InChI is InChI=1S/C32H52Cl4N8.Al/c33-21-19-20(22(34)24(36)23(21)35)32-43-30-18-12-6-4-10-16(18)28(41-30)39-26-14-8-2-1-7-13(14)25(37-26)38-27-15-9-3-5-11-17(15)29(40-27)42-31(19)44-32;/h13-32,37-44H,1-12H2;. The number of hydrogen-bond acceptors (Lipinski definition) is 8. The van der Waals surface area contributed by atoms with Crippen LogP contribution in [0, 0.1) is 47.3 Å². The summed E-state index contributed by atoms with van der Waals surface area (Å²) < 4.78 is 0. The quantitative estimate of drug-likeness (QED) is 0.143. The predicted molar refractivity (Wildman–Crippen MR) is 183 cm³/mol. The van der Waals surface area contributed by atoms with Crippen LogP contribution in [0.25, 0.3) is 0 Å². The fraction of sp³-hybridized carbons (Fsp3) is 1.00. The summed E-state index contributed by atoms with van der Waals surface area (Å²) in [6.45, 7) is 0. The summed E-state index contributed by atoms with van der Waals surface area (Å²) >= 11 is 28.3. The number of hydrogen-bond donors (Lipinski definition) is 8. The second-order valence-corrected chi connectivity index (χ2v) is 17.9. The van der Waals surface area contributed by atoms with E-state index in [9.17, 15) is 0 Å². The smallest absolute Gasteiger partial charge is 0.0681 e. The molecule has 0 aromatic heterocycles. The van der Waals surface area contributed by atoms with E-state index in [0.717, 1.165) is 0 Å². The summed E-state index contributed by atoms with van der Waals surface area (Å²) in [6, 6.07) is 0. The highest BCUT2D eigenvalue weighted by atomic mass is 35.5. The topological polar surface area (TPSA) is 96.2 Å². The molecular formula is C32H52AlCl4N8. The summed E-state index contributed by atoms with van der Waals surface area (Å²) in [7, 11) is 0. The molecule has 8 bridgehead atoms. The largest absolute Gasteiger partial charge is 0.286 e. The maximum atomic E-state index is 7.23. The molecule has 5 aliphatic heterocycles. The van der Waals surface area contributed by atoms with Crippen molar-refractivity contribution in [3.8, 4) is 0 Å². The maximum absolute atomic E-state index is 7.23. The van der Waals surface area contributed by atoms with E-state index in [-0.39, 0.29) is 75.4 Å². The second-order valence-electron chi connectivity index (χ2n) is 15.9. The first kappa shape index (κ1) is 33.5. The Kier molecular flexibility index (Phi) is 10.0. The SMILES string of the molecule is ClC1C(Cl)C(Cl)C2C3NC4NC(NC5NC(NC6NC(NC(N3)C2C1Cl)C1CCCCC61)C1CCCCC51)C1CCCCC41.[Al]. The van der Waals surface area contributed by atoms with Crippen molar-refractivity contribution in [1.82, 2.24) is 42.5 Å². The molecule has 9 rings (SSSR count). The van der Waals surface area contributed by atoms with E-state index < -0.39 is 0 Å². The molecule has 8 N–H and O–H groups in total. The van der Waals surface area contributed by atoms with Gasteiger partial charge < -0.3 is 0 Å². The number of halogens is 4. The van der Waals surface area contributed by atoms with Gasteiger partial charge in [-0.1, -0.05) is 38.5 Å². The van der Waals surface area contributed by atoms with E-state index in [0.29, 0.717) is 60.2 Å². The van der Waals surface area contributed by atoms with Crippen molar-refractivity contribution in [2.45, 2.75) is 148 Å². The van der Waals surface area contributed by atoms with Gasteiger partial charge in [-0.2, -0.15) is 0 Å². The summed E-state index contributed by atoms with van der Waals surface area (Å²) in [5.41, 5.74) is 0. The van der Waals surface area contributed by atoms with Gasteiger partial charge in [-0.3, -0.25) is 42.5 Å². The van der Waals surface area contributed by atoms with Crippen molar-refractivity contribution in [2.75, 3.05) is 0 Å². The third-order valence-corrected chi connectivity index (χ3v) is 16.5. The second kappa shape index (κ2) is 13.5. The minimum atomic E-state index is -0.375. The van der Waals surface area contributed by atoms with Crippen molar-refractivity contribution >= 4 is 63.8 Å². The van der Waals surface area contributed by atoms with E-state index >= 15 is 0 Å². The molecule has 3 radical (unpaired) electrons. The van der Waals surface area contributed by atoms with Gasteiger partial charge in [0.2, 0.25) is 0 Å². The molecule has 0 aromatic carbocycles. The predicted octanol–water partition coefficient (Wildman–Crippen LogP) is 3.09. The van der Waals surface area contributed by atoms with Crippen LogP contribution in [0.15, 0.2) is 0 Å². The first-order valence-electron chi connectivity index (χ1n) is 18.1. The van der Waals surface area contributed by atoms with Crippen molar-refractivity contribution < 1.29 is 0 Å². The molecule has 5 saturated heterocycles. The Balaban J connectivity index is 0.00000300. The molecule has 8 nitrogen and oxygen atoms in total. The Labute approximate surface area is 299 Å². The summed E-state index contributed by atoms with van der Waals surface area (Å²) in [5, 5.41) is 31.7. The van der Waals surface area contributed by atoms with Gasteiger partial charge in [0.1, 0.15) is 0 Å². The van der Waals surface area contributed by atoms with Crippen LogP contribution in [-0.4, -0.2) is 88.2 Å². The molecule has 20 atom stereocenters. The molecule has 20 unspecified atom stereocenters. The fourth-order valence-electron chi connectivity index (χ4n) is 11.9. The number of alkyl halides is 4. The maximum Gasteiger partial charge on any atom is 0.0681 e. The Morgan fingerprint density at radius 1 is 0.289 bits per heavy atom. The van der Waals surface area contributed by atoms with Crippen molar-refractivity contribution in [3.63, 3.8) is 0 Å². The Morgan fingerprint density at radius 2 is 0.489 bits per heavy atom. The lowest BCUT2D eigenvalue weighted by molar-refractivity contribution is 0.170. The number of nitrogens with one attached hydrogen (secondary N) is 8. The summed E-state index contributed by atoms with van der Waals surface area (Å²) in [6.07, 6.45) is 17.3. The number of fused-ring (bicyclic) bond motifs is 20. The van der Waals surface area contributed by atoms with Crippen LogP contribution in [0.2, 0.25) is 0 Å². The minimum absolute atomic E-state index is 0. The molecule has 0 amide bonds. The monoisotopic (exact) mass is 715 g/mol. The van der Waals surface area contributed by atoms with Crippen LogP contribution in [0.3, 0.4) is 0 Å². The van der Waals surface area contributed by atoms with Crippen LogP contribution in [0.1, 0.15) is 77.0 Å². The Hall–Kier alpha value is 1.37. The zero-order valence-electron chi connectivity index (χ0n) is 26.1. The van der Waals surface area contributed by atoms with Gasteiger partial charge in [-0.05, 0) is 74.0 Å². The molecule has 0 aromatic rings. The van der Waals surface area contributed by atoms with Crippen LogP contribution >= 0.6 is 46.4 Å². The molecule has 13 heteroatoms. The van der Waals surface area contributed by atoms with Crippen LogP contribution < -0.4 is 42.5 Å². The van der Waals surface area contributed by atoms with E-state index in [1.165, 1.54) is 77.0 Å². The lowest BCUT2D eigenvalue weighted by Crippen LogP contribution is -2.62. The van der Waals surface area contributed by atoms with Crippen LogP contribution in [0.4, 0.5) is 0 Å². The highest BCUT2D eigenvalue weighted by molar-refractivity contribution is 6.38. The van der Waals surface area contributed by atoms with Gasteiger partial charge in [0, 0.05) is 29.2 Å². The number of rotatable bonds is 0. The molecule has 9 fully saturated rings. The van der Waals surface area contributed by atoms with E-state index in [4.69, 9.17) is 46.4 Å². The molecule has 9 aliphatic rings. The molecule has 45 heavy (non-hydrogen) atoms. The van der Waals surface area contributed by atoms with Gasteiger partial charge in [0.15, 0.2) is 0 Å². The van der Waals surface area contributed by atoms with Gasteiger partial charge in [-0.25, -0.2) is 0 Å². The summed E-state index contributed by atoms with van der Waals surface area (Å²) in [4.78, 5) is 0. The summed E-state index contributed by atoms with van der Waals surface area (Å²) in [5.74, 6) is 3.88. The minimum Gasteiger partial charge on any atom is -0.286 e. The highest BCUT2D eigenvalue weighted by Gasteiger charge is 2.60. The normalized spacial score (nSPS) is 58.9. The first-order chi connectivity index (χ1) is 21.5. The lowest BCUT2D eigenvalue weighted by Gasteiger charge is -2.44. The Morgan fingerprint density at radius 3 is 0.733 bits per heavy atom. The molecule has 0 spiro atoms. The molecule has 5 heterocycles. The molecular weight excluding hydrogens is 665 g/mol. The van der Waals surface area contributed by atoms with Crippen LogP contribution in [-0.2, 0) is 0 Å². The van der Waals surface area contributed by atoms with Gasteiger partial charge in [-0.15, -0.1) is 46.4 Å². The fourth-order valence-corrected chi connectivity index (χ4v) is 13.7. The molecule has 4 aliphatic carbocycles. The molecule has 251 valence electrons. The van der Waals surface area contributed by atoms with Crippen molar-refractivity contribution in [3.05, 3.63) is 0 Å². The van der Waals surface area contributed by atoms with Gasteiger partial charge in [0.05, 0.1) is 70.8 Å². The average molecular weight is 718 g/mol. The third-order valence-electron chi connectivity index (χ3n) is 13.9. The van der Waals surface area contributed by atoms with E-state index in [2.05, 4.69) is 42.5 Å². The zero-order chi connectivity index (χ0) is 29.7. The van der Waals surface area contributed by atoms with Gasteiger partial charge >= 0.3 is 0 Å². The average Bonchev–Trinajstić information content (AvgIpc) is 3.78. The zero-order valence-corrected chi connectivity index (χ0v) is 30.3.